The second-order valence-electron chi connectivity index (χ2n) is 5.42. The van der Waals surface area contributed by atoms with E-state index in [-0.39, 0.29) is 11.3 Å². The van der Waals surface area contributed by atoms with Crippen LogP contribution in [0, 0.1) is 13.8 Å². The number of nitrogens with one attached hydrogen (secondary N) is 1. The Morgan fingerprint density at radius 2 is 1.88 bits per heavy atom. The Hall–Kier alpha value is -2.48. The van der Waals surface area contributed by atoms with Crippen LogP contribution in [0.1, 0.15) is 49.4 Å². The Labute approximate surface area is 152 Å². The fourth-order valence-corrected chi connectivity index (χ4v) is 2.78. The summed E-state index contributed by atoms with van der Waals surface area (Å²) in [6.07, 6.45) is 1.85. The molecule has 2 heterocycles. The van der Waals surface area contributed by atoms with Crippen LogP contribution in [0.2, 0.25) is 0 Å². The number of aryl methyl sites for hydroxylation is 1. The highest BCUT2D eigenvalue weighted by Crippen LogP contribution is 2.21. The molecule has 1 unspecified atom stereocenters. The van der Waals surface area contributed by atoms with Crippen LogP contribution >= 0.6 is 15.9 Å². The fourth-order valence-electron chi connectivity index (χ4n) is 2.41. The molecule has 132 valence electrons. The average Bonchev–Trinajstić information content (AvgIpc) is 2.87. The van der Waals surface area contributed by atoms with Gasteiger partial charge in [-0.25, -0.2) is 9.59 Å². The van der Waals surface area contributed by atoms with E-state index >= 15 is 0 Å². The Morgan fingerprint density at radius 1 is 1.20 bits per heavy atom. The highest BCUT2D eigenvalue weighted by Gasteiger charge is 2.27. The van der Waals surface area contributed by atoms with Crippen molar-refractivity contribution in [1.82, 2.24) is 9.97 Å². The number of halogens is 1. The molecule has 1 N–H and O–H groups in total. The minimum Gasteiger partial charge on any atom is -0.465 e. The quantitative estimate of drug-likeness (QED) is 0.602. The van der Waals surface area contributed by atoms with E-state index in [0.29, 0.717) is 21.3 Å². The molecule has 8 heteroatoms. The van der Waals surface area contributed by atoms with Gasteiger partial charge in [0.25, 0.3) is 0 Å². The molecule has 0 amide bonds. The maximum Gasteiger partial charge on any atom is 0.340 e. The zero-order valence-corrected chi connectivity index (χ0v) is 15.8. The van der Waals surface area contributed by atoms with Gasteiger partial charge in [-0.15, -0.1) is 0 Å². The molecular formula is C17H17BrN2O5. The van der Waals surface area contributed by atoms with E-state index in [1.807, 2.05) is 0 Å². The molecule has 2 rings (SSSR count). The van der Waals surface area contributed by atoms with Crippen LogP contribution in [-0.4, -0.2) is 40.9 Å². The first kappa shape index (κ1) is 18.9. The van der Waals surface area contributed by atoms with Crippen LogP contribution in [0.3, 0.4) is 0 Å². The number of Topliss-reactive ketones (excluding diaryl/α,β-unsaturated/α-hetero) is 1. The van der Waals surface area contributed by atoms with Gasteiger partial charge in [0.2, 0.25) is 5.78 Å². The summed E-state index contributed by atoms with van der Waals surface area (Å²) in [6, 6.07) is 1.55. The largest absolute Gasteiger partial charge is 0.465 e. The van der Waals surface area contributed by atoms with Gasteiger partial charge in [0, 0.05) is 22.6 Å². The summed E-state index contributed by atoms with van der Waals surface area (Å²) < 4.78 is 10.6. The molecule has 2 aromatic rings. The zero-order chi connectivity index (χ0) is 18.7. The van der Waals surface area contributed by atoms with Crippen LogP contribution in [0.25, 0.3) is 0 Å². The topological polar surface area (TPSA) is 98.4 Å². The Morgan fingerprint density at radius 3 is 2.48 bits per heavy atom. The number of hydrogen-bond acceptors (Lipinski definition) is 6. The summed E-state index contributed by atoms with van der Waals surface area (Å²) in [6.45, 7) is 4.77. The number of ether oxygens (including phenoxy) is 2. The van der Waals surface area contributed by atoms with Crippen LogP contribution in [-0.2, 0) is 9.47 Å². The number of nitrogens with zero attached hydrogens (tertiary/aromatic N) is 1. The molecule has 0 fully saturated rings. The number of esters is 2. The van der Waals surface area contributed by atoms with Gasteiger partial charge < -0.3 is 14.5 Å². The van der Waals surface area contributed by atoms with E-state index in [1.54, 1.807) is 19.9 Å². The van der Waals surface area contributed by atoms with Gasteiger partial charge in [-0.2, -0.15) is 0 Å². The summed E-state index contributed by atoms with van der Waals surface area (Å²) in [4.78, 5) is 43.3. The second kappa shape index (κ2) is 7.60. The maximum atomic E-state index is 12.6. The van der Waals surface area contributed by atoms with Gasteiger partial charge in [0.15, 0.2) is 6.10 Å². The molecule has 0 saturated carbocycles. The molecule has 25 heavy (non-hydrogen) atoms. The predicted octanol–water partition coefficient (Wildman–Crippen LogP) is 3.00. The van der Waals surface area contributed by atoms with E-state index < -0.39 is 23.8 Å². The van der Waals surface area contributed by atoms with Crippen molar-refractivity contribution in [3.8, 4) is 0 Å². The van der Waals surface area contributed by atoms with Crippen LogP contribution in [0.15, 0.2) is 22.9 Å². The molecule has 0 aliphatic carbocycles. The lowest BCUT2D eigenvalue weighted by Crippen LogP contribution is -2.25. The number of rotatable bonds is 5. The van der Waals surface area contributed by atoms with Gasteiger partial charge in [-0.3, -0.25) is 9.78 Å². The number of hydrogen-bond donors (Lipinski definition) is 1. The van der Waals surface area contributed by atoms with Crippen molar-refractivity contribution in [2.24, 2.45) is 0 Å². The van der Waals surface area contributed by atoms with Gasteiger partial charge in [-0.05, 0) is 48.3 Å². The normalized spacial score (nSPS) is 11.7. The smallest absolute Gasteiger partial charge is 0.340 e. The highest BCUT2D eigenvalue weighted by molar-refractivity contribution is 9.10. The molecule has 0 spiro atoms. The number of aromatic nitrogens is 2. The predicted molar refractivity (Wildman–Crippen MR) is 92.8 cm³/mol. The van der Waals surface area contributed by atoms with Crippen LogP contribution < -0.4 is 0 Å². The summed E-state index contributed by atoms with van der Waals surface area (Å²) in [5.74, 6) is -1.63. The molecule has 7 nitrogen and oxygen atoms in total. The Balaban J connectivity index is 2.20. The average molecular weight is 409 g/mol. The zero-order valence-electron chi connectivity index (χ0n) is 14.2. The van der Waals surface area contributed by atoms with Gasteiger partial charge in [0.1, 0.15) is 0 Å². The molecule has 0 saturated heterocycles. The Bertz CT molecular complexity index is 844. The third-order valence-corrected chi connectivity index (χ3v) is 4.10. The fraction of sp³-hybridized carbons (Fsp3) is 0.294. The molecule has 0 aliphatic heterocycles. The Kier molecular flexibility index (Phi) is 5.73. The molecule has 0 radical (unpaired) electrons. The SMILES string of the molecule is COC(=O)c1c(C)[nH]c(C(=O)C(C)OC(=O)c2cncc(Br)c2)c1C. The van der Waals surface area contributed by atoms with Gasteiger partial charge in [-0.1, -0.05) is 0 Å². The third kappa shape index (κ3) is 3.96. The lowest BCUT2D eigenvalue weighted by molar-refractivity contribution is 0.0316. The molecular weight excluding hydrogens is 392 g/mol. The van der Waals surface area contributed by atoms with E-state index in [2.05, 4.69) is 25.9 Å². The van der Waals surface area contributed by atoms with Crippen LogP contribution in [0.4, 0.5) is 0 Å². The summed E-state index contributed by atoms with van der Waals surface area (Å²) in [5, 5.41) is 0. The summed E-state index contributed by atoms with van der Waals surface area (Å²) >= 11 is 3.22. The van der Waals surface area contributed by atoms with Crippen LogP contribution in [0.5, 0.6) is 0 Å². The number of carbonyl (C=O) groups excluding carboxylic acids is 3. The van der Waals surface area contributed by atoms with E-state index in [0.717, 1.165) is 0 Å². The summed E-state index contributed by atoms with van der Waals surface area (Å²) in [7, 11) is 1.27. The highest BCUT2D eigenvalue weighted by atomic mass is 79.9. The molecule has 0 aliphatic rings. The van der Waals surface area contributed by atoms with Gasteiger partial charge >= 0.3 is 11.9 Å². The minimum absolute atomic E-state index is 0.213. The van der Waals surface area contributed by atoms with Crippen molar-refractivity contribution < 1.29 is 23.9 Å². The third-order valence-electron chi connectivity index (χ3n) is 3.67. The standard InChI is InChI=1S/C17H17BrN2O5/c1-8-13(17(23)24-4)9(2)20-14(8)15(21)10(3)25-16(22)11-5-12(18)7-19-6-11/h5-7,10,20H,1-4H3. The number of pyridine rings is 1. The van der Waals surface area contributed by atoms with Crippen molar-refractivity contribution in [1.29, 1.82) is 0 Å². The van der Waals surface area contributed by atoms with E-state index in [1.165, 1.54) is 26.4 Å². The lowest BCUT2D eigenvalue weighted by atomic mass is 10.1. The second-order valence-corrected chi connectivity index (χ2v) is 6.34. The van der Waals surface area contributed by atoms with Crippen molar-refractivity contribution in [2.45, 2.75) is 26.9 Å². The van der Waals surface area contributed by atoms with Crippen molar-refractivity contribution >= 4 is 33.7 Å². The van der Waals surface area contributed by atoms with Crippen molar-refractivity contribution in [3.05, 3.63) is 51.0 Å². The van der Waals surface area contributed by atoms with E-state index in [9.17, 15) is 14.4 Å². The number of methoxy groups -OCH3 is 1. The monoisotopic (exact) mass is 408 g/mol. The molecule has 0 bridgehead atoms. The van der Waals surface area contributed by atoms with E-state index in [4.69, 9.17) is 9.47 Å². The molecule has 0 aromatic carbocycles. The maximum absolute atomic E-state index is 12.6. The minimum atomic E-state index is -1.03. The first-order valence-electron chi connectivity index (χ1n) is 7.39. The number of aromatic amines is 1. The molecule has 2 aromatic heterocycles. The number of ketones is 1. The molecule has 1 atom stereocenters. The van der Waals surface area contributed by atoms with Crippen molar-refractivity contribution in [3.63, 3.8) is 0 Å². The lowest BCUT2D eigenvalue weighted by Gasteiger charge is -2.12. The summed E-state index contributed by atoms with van der Waals surface area (Å²) in [5.41, 5.74) is 1.72. The number of carbonyl (C=O) groups is 3. The first-order chi connectivity index (χ1) is 11.8. The van der Waals surface area contributed by atoms with Gasteiger partial charge in [0.05, 0.1) is 23.9 Å². The first-order valence-corrected chi connectivity index (χ1v) is 8.18. The number of H-pyrrole nitrogens is 1. The van der Waals surface area contributed by atoms with Crippen molar-refractivity contribution in [2.75, 3.05) is 7.11 Å².